The third-order valence-electron chi connectivity index (χ3n) is 3.07. The van der Waals surface area contributed by atoms with Crippen LogP contribution in [0.25, 0.3) is 0 Å². The normalized spacial score (nSPS) is 16.4. The monoisotopic (exact) mass is 284 g/mol. The molecule has 2 aliphatic heterocycles. The lowest BCUT2D eigenvalue weighted by molar-refractivity contribution is 0.420. The summed E-state index contributed by atoms with van der Waals surface area (Å²) in [7, 11) is 0. The molecule has 0 spiro atoms. The van der Waals surface area contributed by atoms with E-state index in [2.05, 4.69) is 20.2 Å². The Morgan fingerprint density at radius 2 is 1.14 bits per heavy atom. The van der Waals surface area contributed by atoms with Gasteiger partial charge in [-0.05, 0) is 52.2 Å². The van der Waals surface area contributed by atoms with E-state index in [1.54, 1.807) is 0 Å². The Balaban J connectivity index is 1.72. The second kappa shape index (κ2) is 7.74. The lowest BCUT2D eigenvalue weighted by Crippen LogP contribution is -2.20. The van der Waals surface area contributed by atoms with Crippen molar-refractivity contribution in [1.82, 2.24) is 9.80 Å². The van der Waals surface area contributed by atoms with Crippen LogP contribution in [-0.2, 0) is 0 Å². The minimum atomic E-state index is 0.797. The number of hydrogen-bond donors (Lipinski definition) is 0. The Labute approximate surface area is 123 Å². The summed E-state index contributed by atoms with van der Waals surface area (Å²) in [5, 5.41) is 5.48. The van der Waals surface area contributed by atoms with E-state index < -0.39 is 0 Å². The largest absolute Gasteiger partial charge is 0.354 e. The molecular formula is C15H16N4O2. The zero-order chi connectivity index (χ0) is 14.9. The van der Waals surface area contributed by atoms with Crippen LogP contribution in [0.5, 0.6) is 0 Å². The Morgan fingerprint density at radius 3 is 1.48 bits per heavy atom. The Bertz CT molecular complexity index is 488. The maximum atomic E-state index is 10.1. The summed E-state index contributed by atoms with van der Waals surface area (Å²) in [4.78, 5) is 24.3. The molecule has 2 heterocycles. The van der Waals surface area contributed by atoms with Crippen molar-refractivity contribution in [3.05, 3.63) is 82.5 Å². The molecule has 0 unspecified atom stereocenters. The molecule has 6 heteroatoms. The molecule has 0 bridgehead atoms. The summed E-state index contributed by atoms with van der Waals surface area (Å²) in [5.74, 6) is 0. The fraction of sp³-hybridized carbons (Fsp3) is 0.200. The van der Waals surface area contributed by atoms with E-state index in [4.69, 9.17) is 0 Å². The number of nitroso groups, excluding NO2 is 2. The highest BCUT2D eigenvalue weighted by Crippen LogP contribution is 2.12. The lowest BCUT2D eigenvalue weighted by Gasteiger charge is -2.22. The van der Waals surface area contributed by atoms with E-state index >= 15 is 0 Å². The van der Waals surface area contributed by atoms with Crippen LogP contribution in [0.4, 0.5) is 0 Å². The summed E-state index contributed by atoms with van der Waals surface area (Å²) >= 11 is 0. The summed E-state index contributed by atoms with van der Waals surface area (Å²) in [5.41, 5.74) is 1.59. The van der Waals surface area contributed by atoms with Gasteiger partial charge in [-0.1, -0.05) is 0 Å². The zero-order valence-corrected chi connectivity index (χ0v) is 11.5. The minimum Gasteiger partial charge on any atom is -0.354 e. The first-order valence-corrected chi connectivity index (χ1v) is 6.61. The van der Waals surface area contributed by atoms with Crippen LogP contribution < -0.4 is 0 Å². The van der Waals surface area contributed by atoms with Crippen LogP contribution >= 0.6 is 0 Å². The number of nitrogens with zero attached hydrogens (tertiary/aromatic N) is 4. The van der Waals surface area contributed by atoms with Gasteiger partial charge in [0, 0.05) is 37.9 Å². The van der Waals surface area contributed by atoms with Gasteiger partial charge in [0.25, 0.3) is 0 Å². The van der Waals surface area contributed by atoms with Gasteiger partial charge >= 0.3 is 0 Å². The Kier molecular flexibility index (Phi) is 5.40. The summed E-state index contributed by atoms with van der Waals surface area (Å²) in [6.07, 6.45) is 18.7. The second-order valence-electron chi connectivity index (χ2n) is 4.56. The van der Waals surface area contributed by atoms with Gasteiger partial charge in [0.05, 0.1) is 12.4 Å². The van der Waals surface area contributed by atoms with E-state index in [0.717, 1.165) is 30.7 Å². The predicted molar refractivity (Wildman–Crippen MR) is 82.3 cm³/mol. The summed E-state index contributed by atoms with van der Waals surface area (Å²) in [6.45, 7) is 1.76. The number of hydrogen-bond acceptors (Lipinski definition) is 6. The molecule has 0 aliphatic carbocycles. The average molecular weight is 284 g/mol. The summed E-state index contributed by atoms with van der Waals surface area (Å²) in [6, 6.07) is 0. The molecule has 0 atom stereocenters. The van der Waals surface area contributed by atoms with Crippen LogP contribution in [-0.4, -0.2) is 22.9 Å². The molecular weight excluding hydrogens is 268 g/mol. The predicted octanol–water partition coefficient (Wildman–Crippen LogP) is 3.36. The van der Waals surface area contributed by atoms with Gasteiger partial charge in [-0.3, -0.25) is 0 Å². The van der Waals surface area contributed by atoms with Crippen LogP contribution in [0, 0.1) is 9.81 Å². The van der Waals surface area contributed by atoms with Crippen LogP contribution in [0.2, 0.25) is 0 Å². The first kappa shape index (κ1) is 14.6. The van der Waals surface area contributed by atoms with Crippen LogP contribution in [0.1, 0.15) is 6.42 Å². The average Bonchev–Trinajstić information content (AvgIpc) is 2.51. The lowest BCUT2D eigenvalue weighted by atomic mass is 10.2. The van der Waals surface area contributed by atoms with Gasteiger partial charge in [0.15, 0.2) is 0 Å². The molecule has 0 aromatic rings. The Hall–Kier alpha value is -2.76. The van der Waals surface area contributed by atoms with Crippen molar-refractivity contribution in [3.8, 4) is 0 Å². The fourth-order valence-corrected chi connectivity index (χ4v) is 1.97. The number of allylic oxidation sites excluding steroid dienone is 6. The smallest absolute Gasteiger partial charge is 0.0788 e. The maximum Gasteiger partial charge on any atom is 0.0788 e. The molecule has 0 saturated carbocycles. The van der Waals surface area contributed by atoms with Crippen molar-refractivity contribution in [2.75, 3.05) is 13.1 Å². The molecule has 0 N–H and O–H groups in total. The summed E-state index contributed by atoms with van der Waals surface area (Å²) < 4.78 is 0. The van der Waals surface area contributed by atoms with E-state index in [-0.39, 0.29) is 0 Å². The highest BCUT2D eigenvalue weighted by atomic mass is 16.3. The molecule has 0 radical (unpaired) electrons. The molecule has 6 nitrogen and oxygen atoms in total. The van der Waals surface area contributed by atoms with Gasteiger partial charge in [-0.25, -0.2) is 0 Å². The van der Waals surface area contributed by atoms with E-state index in [1.807, 2.05) is 49.1 Å². The van der Waals surface area contributed by atoms with Crippen molar-refractivity contribution in [3.63, 3.8) is 0 Å². The van der Waals surface area contributed by atoms with Gasteiger partial charge in [-0.15, -0.1) is 9.81 Å². The van der Waals surface area contributed by atoms with Crippen LogP contribution in [0.15, 0.2) is 83.0 Å². The van der Waals surface area contributed by atoms with Gasteiger partial charge in [0.1, 0.15) is 0 Å². The highest BCUT2D eigenvalue weighted by molar-refractivity contribution is 5.34. The van der Waals surface area contributed by atoms with Gasteiger partial charge in [0.2, 0.25) is 0 Å². The van der Waals surface area contributed by atoms with Gasteiger partial charge < -0.3 is 9.80 Å². The van der Waals surface area contributed by atoms with E-state index in [1.165, 1.54) is 12.4 Å². The fourth-order valence-electron chi connectivity index (χ4n) is 1.97. The highest BCUT2D eigenvalue weighted by Gasteiger charge is 2.04. The molecule has 0 amide bonds. The third kappa shape index (κ3) is 4.68. The van der Waals surface area contributed by atoms with Crippen molar-refractivity contribution in [1.29, 1.82) is 0 Å². The molecule has 0 aromatic heterocycles. The SMILES string of the molecule is O=NC=C1C=CN(CCCN2C=CC(=CN=O)C=C2)C=C1. The molecule has 2 aliphatic rings. The Morgan fingerprint density at radius 1 is 0.762 bits per heavy atom. The molecule has 21 heavy (non-hydrogen) atoms. The minimum absolute atomic E-state index is 0.797. The first-order chi connectivity index (χ1) is 10.3. The molecule has 0 saturated heterocycles. The molecule has 2 rings (SSSR count). The first-order valence-electron chi connectivity index (χ1n) is 6.61. The standard InChI is InChI=1S/C15H16N4O2/c20-16-12-14-2-8-18(9-3-14)6-1-7-19-10-4-15(5-11-19)13-17-21/h2-5,8-13H,1,6-7H2. The van der Waals surface area contributed by atoms with E-state index in [9.17, 15) is 9.81 Å². The quantitative estimate of drug-likeness (QED) is 0.701. The zero-order valence-electron chi connectivity index (χ0n) is 11.5. The number of rotatable bonds is 6. The topological polar surface area (TPSA) is 65.3 Å². The third-order valence-corrected chi connectivity index (χ3v) is 3.07. The van der Waals surface area contributed by atoms with Crippen molar-refractivity contribution < 1.29 is 0 Å². The molecule has 108 valence electrons. The van der Waals surface area contributed by atoms with Crippen molar-refractivity contribution in [2.24, 2.45) is 10.4 Å². The molecule has 0 aromatic carbocycles. The van der Waals surface area contributed by atoms with E-state index in [0.29, 0.717) is 0 Å². The van der Waals surface area contributed by atoms with Crippen LogP contribution in [0.3, 0.4) is 0 Å². The van der Waals surface area contributed by atoms with Crippen molar-refractivity contribution >= 4 is 0 Å². The maximum absolute atomic E-state index is 10.1. The molecule has 0 fully saturated rings. The van der Waals surface area contributed by atoms with Crippen molar-refractivity contribution in [2.45, 2.75) is 6.42 Å². The van der Waals surface area contributed by atoms with Gasteiger partial charge in [-0.2, -0.15) is 0 Å². The second-order valence-corrected chi connectivity index (χ2v) is 4.56.